The van der Waals surface area contributed by atoms with E-state index in [4.69, 9.17) is 9.47 Å². The average Bonchev–Trinajstić information content (AvgIpc) is 2.81. The summed E-state index contributed by atoms with van der Waals surface area (Å²) >= 11 is 0. The highest BCUT2D eigenvalue weighted by molar-refractivity contribution is 7.89. The quantitative estimate of drug-likeness (QED) is 0.533. The van der Waals surface area contributed by atoms with Crippen molar-refractivity contribution in [2.45, 2.75) is 24.4 Å². The van der Waals surface area contributed by atoms with Crippen molar-refractivity contribution in [3.05, 3.63) is 83.9 Å². The summed E-state index contributed by atoms with van der Waals surface area (Å²) in [6.45, 7) is 2.64. The number of fused-ring (bicyclic) bond motifs is 1. The molecule has 8 nitrogen and oxygen atoms in total. The van der Waals surface area contributed by atoms with Gasteiger partial charge < -0.3 is 19.9 Å². The summed E-state index contributed by atoms with van der Waals surface area (Å²) in [6.07, 6.45) is -1.81. The standard InChI is InChI=1S/C24H24N2O6S/c1-2-31-18-7-9-19(10-8-18)32-20-11-13-21(14-12-20)33(29,30)26-16-15-17-5-3-4-6-22(17)23(26)25-24(27)28/h3-14,23,25H,2,15-16H2,1H3,(H,27,28). The smallest absolute Gasteiger partial charge is 0.406 e. The predicted molar refractivity (Wildman–Crippen MR) is 122 cm³/mol. The van der Waals surface area contributed by atoms with Crippen molar-refractivity contribution >= 4 is 16.1 Å². The van der Waals surface area contributed by atoms with E-state index in [0.29, 0.717) is 30.1 Å². The summed E-state index contributed by atoms with van der Waals surface area (Å²) in [5.74, 6) is 1.80. The Balaban J connectivity index is 1.56. The van der Waals surface area contributed by atoms with E-state index < -0.39 is 22.3 Å². The van der Waals surface area contributed by atoms with E-state index in [1.165, 1.54) is 16.4 Å². The van der Waals surface area contributed by atoms with E-state index >= 15 is 0 Å². The second-order valence-electron chi connectivity index (χ2n) is 7.39. The number of benzene rings is 3. The van der Waals surface area contributed by atoms with Crippen molar-refractivity contribution in [3.63, 3.8) is 0 Å². The van der Waals surface area contributed by atoms with E-state index in [1.807, 2.05) is 19.1 Å². The van der Waals surface area contributed by atoms with Crippen LogP contribution in [-0.4, -0.2) is 37.1 Å². The Morgan fingerprint density at radius 1 is 1.00 bits per heavy atom. The van der Waals surface area contributed by atoms with E-state index in [-0.39, 0.29) is 11.4 Å². The molecule has 1 heterocycles. The predicted octanol–water partition coefficient (Wildman–Crippen LogP) is 4.39. The number of carbonyl (C=O) groups is 1. The van der Waals surface area contributed by atoms with Crippen molar-refractivity contribution in [2.24, 2.45) is 0 Å². The Morgan fingerprint density at radius 2 is 1.61 bits per heavy atom. The van der Waals surface area contributed by atoms with Crippen LogP contribution in [-0.2, 0) is 16.4 Å². The molecular formula is C24H24N2O6S. The van der Waals surface area contributed by atoms with Gasteiger partial charge in [-0.05, 0) is 73.0 Å². The van der Waals surface area contributed by atoms with Crippen molar-refractivity contribution in [2.75, 3.05) is 13.2 Å². The van der Waals surface area contributed by atoms with Gasteiger partial charge in [0.1, 0.15) is 23.4 Å². The third-order valence-corrected chi connectivity index (χ3v) is 7.18. The first kappa shape index (κ1) is 22.6. The van der Waals surface area contributed by atoms with Crippen molar-refractivity contribution in [3.8, 4) is 17.2 Å². The summed E-state index contributed by atoms with van der Waals surface area (Å²) < 4.78 is 39.2. The molecule has 0 spiro atoms. The molecule has 3 aromatic carbocycles. The molecule has 2 N–H and O–H groups in total. The van der Waals surface area contributed by atoms with Gasteiger partial charge in [0.15, 0.2) is 0 Å². The number of hydrogen-bond donors (Lipinski definition) is 2. The van der Waals surface area contributed by atoms with E-state index in [2.05, 4.69) is 5.32 Å². The number of hydrogen-bond acceptors (Lipinski definition) is 5. The van der Waals surface area contributed by atoms with Crippen LogP contribution in [0.15, 0.2) is 77.7 Å². The van der Waals surface area contributed by atoms with E-state index in [9.17, 15) is 18.3 Å². The molecule has 33 heavy (non-hydrogen) atoms. The Labute approximate surface area is 192 Å². The fourth-order valence-electron chi connectivity index (χ4n) is 3.79. The molecule has 0 bridgehead atoms. The third-order valence-electron chi connectivity index (χ3n) is 5.30. The van der Waals surface area contributed by atoms with Gasteiger partial charge in [0.25, 0.3) is 0 Å². The fourth-order valence-corrected chi connectivity index (χ4v) is 5.32. The molecule has 0 aromatic heterocycles. The van der Waals surface area contributed by atoms with Crippen LogP contribution in [0.3, 0.4) is 0 Å². The first-order valence-electron chi connectivity index (χ1n) is 10.5. The zero-order chi connectivity index (χ0) is 23.4. The summed E-state index contributed by atoms with van der Waals surface area (Å²) in [4.78, 5) is 11.5. The van der Waals surface area contributed by atoms with Gasteiger partial charge in [-0.3, -0.25) is 0 Å². The highest BCUT2D eigenvalue weighted by Gasteiger charge is 2.37. The molecule has 0 saturated heterocycles. The van der Waals surface area contributed by atoms with Crippen molar-refractivity contribution < 1.29 is 27.8 Å². The molecule has 0 fully saturated rings. The number of carboxylic acid groups (broad SMARTS) is 1. The second kappa shape index (κ2) is 9.51. The summed E-state index contributed by atoms with van der Waals surface area (Å²) in [7, 11) is -3.97. The number of ether oxygens (including phenoxy) is 2. The van der Waals surface area contributed by atoms with Gasteiger partial charge in [-0.1, -0.05) is 24.3 Å². The van der Waals surface area contributed by atoms with Gasteiger partial charge in [0.05, 0.1) is 11.5 Å². The molecule has 1 amide bonds. The van der Waals surface area contributed by atoms with Crippen LogP contribution in [0.5, 0.6) is 17.2 Å². The number of amides is 1. The van der Waals surface area contributed by atoms with Gasteiger partial charge in [0.2, 0.25) is 10.0 Å². The molecular weight excluding hydrogens is 444 g/mol. The molecule has 9 heteroatoms. The lowest BCUT2D eigenvalue weighted by molar-refractivity contribution is 0.173. The fraction of sp³-hybridized carbons (Fsp3) is 0.208. The minimum atomic E-state index is -3.97. The molecule has 172 valence electrons. The zero-order valence-electron chi connectivity index (χ0n) is 18.0. The molecule has 4 rings (SSSR count). The molecule has 0 radical (unpaired) electrons. The largest absolute Gasteiger partial charge is 0.494 e. The number of nitrogens with zero attached hydrogens (tertiary/aromatic N) is 1. The number of nitrogens with one attached hydrogen (secondary N) is 1. The zero-order valence-corrected chi connectivity index (χ0v) is 18.8. The molecule has 0 saturated carbocycles. The first-order valence-corrected chi connectivity index (χ1v) is 11.9. The third kappa shape index (κ3) is 4.94. The molecule has 1 aliphatic heterocycles. The number of sulfonamides is 1. The van der Waals surface area contributed by atoms with Crippen LogP contribution in [0.25, 0.3) is 0 Å². The van der Waals surface area contributed by atoms with Gasteiger partial charge in [-0.15, -0.1) is 0 Å². The monoisotopic (exact) mass is 468 g/mol. The Morgan fingerprint density at radius 3 is 2.24 bits per heavy atom. The highest BCUT2D eigenvalue weighted by atomic mass is 32.2. The minimum absolute atomic E-state index is 0.0538. The van der Waals surface area contributed by atoms with E-state index in [0.717, 1.165) is 11.3 Å². The van der Waals surface area contributed by atoms with E-state index in [1.54, 1.807) is 48.5 Å². The summed E-state index contributed by atoms with van der Waals surface area (Å²) in [5, 5.41) is 11.7. The van der Waals surface area contributed by atoms with Gasteiger partial charge >= 0.3 is 6.09 Å². The highest BCUT2D eigenvalue weighted by Crippen LogP contribution is 2.33. The molecule has 3 aromatic rings. The second-order valence-corrected chi connectivity index (χ2v) is 9.29. The van der Waals surface area contributed by atoms with Crippen LogP contribution in [0, 0.1) is 0 Å². The van der Waals surface area contributed by atoms with Crippen LogP contribution in [0.1, 0.15) is 24.2 Å². The maximum Gasteiger partial charge on any atom is 0.406 e. The van der Waals surface area contributed by atoms with Gasteiger partial charge in [-0.25, -0.2) is 13.2 Å². The van der Waals surface area contributed by atoms with Gasteiger partial charge in [-0.2, -0.15) is 4.31 Å². The molecule has 1 atom stereocenters. The number of rotatable bonds is 7. The maximum atomic E-state index is 13.4. The SMILES string of the molecule is CCOc1ccc(Oc2ccc(S(=O)(=O)N3CCc4ccccc4C3NC(=O)O)cc2)cc1. The topological polar surface area (TPSA) is 105 Å². The first-order chi connectivity index (χ1) is 15.9. The molecule has 1 unspecified atom stereocenters. The lowest BCUT2D eigenvalue weighted by Crippen LogP contribution is -2.47. The lowest BCUT2D eigenvalue weighted by atomic mass is 9.98. The van der Waals surface area contributed by atoms with Crippen LogP contribution < -0.4 is 14.8 Å². The Bertz CT molecular complexity index is 1230. The maximum absolute atomic E-state index is 13.4. The van der Waals surface area contributed by atoms with Crippen molar-refractivity contribution in [1.82, 2.24) is 9.62 Å². The Kier molecular flexibility index (Phi) is 6.52. The average molecular weight is 469 g/mol. The van der Waals surface area contributed by atoms with Crippen molar-refractivity contribution in [1.29, 1.82) is 0 Å². The Hall–Kier alpha value is -3.56. The normalized spacial score (nSPS) is 16.0. The summed E-state index contributed by atoms with van der Waals surface area (Å²) in [5.41, 5.74) is 1.55. The van der Waals surface area contributed by atoms with Gasteiger partial charge in [0, 0.05) is 6.54 Å². The minimum Gasteiger partial charge on any atom is -0.494 e. The van der Waals surface area contributed by atoms with Crippen LogP contribution >= 0.6 is 0 Å². The van der Waals surface area contributed by atoms with Crippen LogP contribution in [0.4, 0.5) is 4.79 Å². The summed E-state index contributed by atoms with van der Waals surface area (Å²) in [6, 6.07) is 20.4. The lowest BCUT2D eigenvalue weighted by Gasteiger charge is -2.36. The van der Waals surface area contributed by atoms with Crippen LogP contribution in [0.2, 0.25) is 0 Å². The molecule has 0 aliphatic carbocycles. The molecule has 1 aliphatic rings.